The van der Waals surface area contributed by atoms with E-state index in [1.165, 1.54) is 6.07 Å². The minimum absolute atomic E-state index is 0.132. The van der Waals surface area contributed by atoms with Gasteiger partial charge in [0.15, 0.2) is 0 Å². The lowest BCUT2D eigenvalue weighted by Crippen LogP contribution is -2.43. The zero-order valence-electron chi connectivity index (χ0n) is 10.2. The first-order chi connectivity index (χ1) is 8.49. The van der Waals surface area contributed by atoms with Crippen molar-refractivity contribution in [1.82, 2.24) is 4.90 Å². The lowest BCUT2D eigenvalue weighted by molar-refractivity contribution is 0.0713. The SMILES string of the molecule is Cc1cc(Br)c(C(=O)N2CCC(N)CC2)cc1F. The van der Waals surface area contributed by atoms with Crippen molar-refractivity contribution in [3.63, 3.8) is 0 Å². The van der Waals surface area contributed by atoms with Gasteiger partial charge in [-0.2, -0.15) is 0 Å². The van der Waals surface area contributed by atoms with Crippen molar-refractivity contribution in [2.45, 2.75) is 25.8 Å². The number of hydrogen-bond acceptors (Lipinski definition) is 2. The maximum Gasteiger partial charge on any atom is 0.255 e. The molecular weight excluding hydrogens is 299 g/mol. The molecule has 1 aromatic carbocycles. The van der Waals surface area contributed by atoms with Crippen LogP contribution in [0.15, 0.2) is 16.6 Å². The number of rotatable bonds is 1. The molecule has 0 aliphatic carbocycles. The Hall–Kier alpha value is -0.940. The summed E-state index contributed by atoms with van der Waals surface area (Å²) in [6.45, 7) is 2.96. The van der Waals surface area contributed by atoms with E-state index >= 15 is 0 Å². The second-order valence-electron chi connectivity index (χ2n) is 4.71. The van der Waals surface area contributed by atoms with Crippen LogP contribution in [0.2, 0.25) is 0 Å². The minimum atomic E-state index is -0.352. The smallest absolute Gasteiger partial charge is 0.255 e. The van der Waals surface area contributed by atoms with Gasteiger partial charge in [0, 0.05) is 23.6 Å². The van der Waals surface area contributed by atoms with Gasteiger partial charge in [-0.1, -0.05) is 0 Å². The molecule has 18 heavy (non-hydrogen) atoms. The van der Waals surface area contributed by atoms with Gasteiger partial charge in [0.2, 0.25) is 0 Å². The van der Waals surface area contributed by atoms with Crippen molar-refractivity contribution in [3.05, 3.63) is 33.5 Å². The number of amides is 1. The van der Waals surface area contributed by atoms with Crippen LogP contribution in [-0.2, 0) is 0 Å². The van der Waals surface area contributed by atoms with Gasteiger partial charge in [0.05, 0.1) is 5.56 Å². The first kappa shape index (κ1) is 13.5. The fraction of sp³-hybridized carbons (Fsp3) is 0.462. The van der Waals surface area contributed by atoms with Gasteiger partial charge in [-0.05, 0) is 53.4 Å². The second-order valence-corrected chi connectivity index (χ2v) is 5.57. The summed E-state index contributed by atoms with van der Waals surface area (Å²) in [7, 11) is 0. The first-order valence-corrected chi connectivity index (χ1v) is 6.79. The molecule has 1 heterocycles. The van der Waals surface area contributed by atoms with E-state index in [4.69, 9.17) is 5.73 Å². The van der Waals surface area contributed by atoms with Crippen LogP contribution in [0.3, 0.4) is 0 Å². The number of piperidine rings is 1. The van der Waals surface area contributed by atoms with E-state index in [2.05, 4.69) is 15.9 Å². The van der Waals surface area contributed by atoms with Crippen LogP contribution in [-0.4, -0.2) is 29.9 Å². The van der Waals surface area contributed by atoms with Crippen molar-refractivity contribution in [2.24, 2.45) is 5.73 Å². The van der Waals surface area contributed by atoms with E-state index < -0.39 is 0 Å². The average Bonchev–Trinajstić information content (AvgIpc) is 2.34. The highest BCUT2D eigenvalue weighted by atomic mass is 79.9. The van der Waals surface area contributed by atoms with Crippen molar-refractivity contribution < 1.29 is 9.18 Å². The Morgan fingerprint density at radius 3 is 2.67 bits per heavy atom. The summed E-state index contributed by atoms with van der Waals surface area (Å²) < 4.78 is 14.2. The normalized spacial score (nSPS) is 17.0. The van der Waals surface area contributed by atoms with Gasteiger partial charge in [0.1, 0.15) is 5.82 Å². The molecule has 5 heteroatoms. The van der Waals surface area contributed by atoms with E-state index in [9.17, 15) is 9.18 Å². The molecule has 0 atom stereocenters. The summed E-state index contributed by atoms with van der Waals surface area (Å²) in [5, 5.41) is 0. The fourth-order valence-electron chi connectivity index (χ4n) is 2.08. The summed E-state index contributed by atoms with van der Waals surface area (Å²) in [6.07, 6.45) is 1.61. The van der Waals surface area contributed by atoms with E-state index in [0.29, 0.717) is 28.7 Å². The molecule has 3 nitrogen and oxygen atoms in total. The van der Waals surface area contributed by atoms with Crippen LogP contribution >= 0.6 is 15.9 Å². The summed E-state index contributed by atoms with van der Waals surface area (Å²) >= 11 is 3.32. The molecule has 2 N–H and O–H groups in total. The quantitative estimate of drug-likeness (QED) is 0.865. The Morgan fingerprint density at radius 2 is 2.06 bits per heavy atom. The highest BCUT2D eigenvalue weighted by Gasteiger charge is 2.23. The monoisotopic (exact) mass is 314 g/mol. The summed E-state index contributed by atoms with van der Waals surface area (Å²) in [4.78, 5) is 14.0. The Balaban J connectivity index is 2.21. The zero-order valence-corrected chi connectivity index (χ0v) is 11.8. The van der Waals surface area contributed by atoms with Crippen LogP contribution in [0.1, 0.15) is 28.8 Å². The van der Waals surface area contributed by atoms with Crippen molar-refractivity contribution in [1.29, 1.82) is 0 Å². The molecule has 1 fully saturated rings. The topological polar surface area (TPSA) is 46.3 Å². The molecule has 0 aromatic heterocycles. The summed E-state index contributed by atoms with van der Waals surface area (Å²) in [6, 6.07) is 3.11. The van der Waals surface area contributed by atoms with E-state index in [1.807, 2.05) is 0 Å². The molecular formula is C13H16BrFN2O. The number of nitrogens with zero attached hydrogens (tertiary/aromatic N) is 1. The van der Waals surface area contributed by atoms with Gasteiger partial charge in [-0.15, -0.1) is 0 Å². The molecule has 1 aliphatic rings. The Morgan fingerprint density at radius 1 is 1.44 bits per heavy atom. The molecule has 1 aromatic rings. The van der Waals surface area contributed by atoms with Crippen LogP contribution in [0.4, 0.5) is 4.39 Å². The predicted molar refractivity (Wildman–Crippen MR) is 71.9 cm³/mol. The molecule has 0 saturated carbocycles. The predicted octanol–water partition coefficient (Wildman–Crippen LogP) is 2.46. The minimum Gasteiger partial charge on any atom is -0.338 e. The van der Waals surface area contributed by atoms with Gasteiger partial charge in [-0.25, -0.2) is 4.39 Å². The Bertz CT molecular complexity index is 470. The van der Waals surface area contributed by atoms with Crippen LogP contribution in [0.25, 0.3) is 0 Å². The number of carbonyl (C=O) groups excluding carboxylic acids is 1. The average molecular weight is 315 g/mol. The maximum absolute atomic E-state index is 13.5. The molecule has 1 aliphatic heterocycles. The number of likely N-dealkylation sites (tertiary alicyclic amines) is 1. The number of aryl methyl sites for hydroxylation is 1. The third-order valence-electron chi connectivity index (χ3n) is 3.31. The van der Waals surface area contributed by atoms with Gasteiger partial charge < -0.3 is 10.6 Å². The highest BCUT2D eigenvalue weighted by molar-refractivity contribution is 9.10. The van der Waals surface area contributed by atoms with Crippen LogP contribution in [0.5, 0.6) is 0 Å². The molecule has 0 unspecified atom stereocenters. The van der Waals surface area contributed by atoms with Crippen molar-refractivity contribution in [3.8, 4) is 0 Å². The first-order valence-electron chi connectivity index (χ1n) is 5.99. The largest absolute Gasteiger partial charge is 0.338 e. The maximum atomic E-state index is 13.5. The molecule has 0 radical (unpaired) electrons. The number of benzene rings is 1. The summed E-state index contributed by atoms with van der Waals surface area (Å²) in [5.74, 6) is -0.483. The number of carbonyl (C=O) groups is 1. The van der Waals surface area contributed by atoms with E-state index in [-0.39, 0.29) is 17.8 Å². The zero-order chi connectivity index (χ0) is 13.3. The van der Waals surface area contributed by atoms with Crippen LogP contribution in [0, 0.1) is 12.7 Å². The third-order valence-corrected chi connectivity index (χ3v) is 3.96. The highest BCUT2D eigenvalue weighted by Crippen LogP contribution is 2.23. The van der Waals surface area contributed by atoms with E-state index in [1.54, 1.807) is 17.9 Å². The van der Waals surface area contributed by atoms with Crippen molar-refractivity contribution in [2.75, 3.05) is 13.1 Å². The summed E-state index contributed by atoms with van der Waals surface area (Å²) in [5.41, 5.74) is 6.71. The molecule has 1 saturated heterocycles. The molecule has 98 valence electrons. The van der Waals surface area contributed by atoms with Crippen molar-refractivity contribution >= 4 is 21.8 Å². The van der Waals surface area contributed by atoms with Gasteiger partial charge in [0.25, 0.3) is 5.91 Å². The standard InChI is InChI=1S/C13H16BrFN2O/c1-8-6-11(14)10(7-12(8)15)13(18)17-4-2-9(16)3-5-17/h6-7,9H,2-5,16H2,1H3. The lowest BCUT2D eigenvalue weighted by Gasteiger charge is -2.30. The van der Waals surface area contributed by atoms with Gasteiger partial charge >= 0.3 is 0 Å². The molecule has 1 amide bonds. The van der Waals surface area contributed by atoms with E-state index in [0.717, 1.165) is 12.8 Å². The fourth-order valence-corrected chi connectivity index (χ4v) is 2.71. The second kappa shape index (κ2) is 5.36. The lowest BCUT2D eigenvalue weighted by atomic mass is 10.0. The number of nitrogens with two attached hydrogens (primary N) is 1. The Labute approximate surface area is 114 Å². The van der Waals surface area contributed by atoms with Crippen LogP contribution < -0.4 is 5.73 Å². The molecule has 2 rings (SSSR count). The number of halogens is 2. The molecule has 0 spiro atoms. The van der Waals surface area contributed by atoms with Gasteiger partial charge in [-0.3, -0.25) is 4.79 Å². The molecule has 0 bridgehead atoms. The Kier molecular flexibility index (Phi) is 4.02. The third kappa shape index (κ3) is 2.72. The number of hydrogen-bond donors (Lipinski definition) is 1.